The number of benzene rings is 1. The lowest BCUT2D eigenvalue weighted by atomic mass is 9.93. The SMILES string of the molecule is Cl.O=C(CCC1CCNCC1)NCCOc1ccc(F)cc1F. The van der Waals surface area contributed by atoms with E-state index in [-0.39, 0.29) is 30.7 Å². The van der Waals surface area contributed by atoms with Gasteiger partial charge in [0.25, 0.3) is 0 Å². The van der Waals surface area contributed by atoms with E-state index in [4.69, 9.17) is 4.74 Å². The van der Waals surface area contributed by atoms with Gasteiger partial charge >= 0.3 is 0 Å². The third kappa shape index (κ3) is 7.14. The molecule has 0 spiro atoms. The van der Waals surface area contributed by atoms with Crippen molar-refractivity contribution in [2.24, 2.45) is 5.92 Å². The molecule has 7 heteroatoms. The van der Waals surface area contributed by atoms with Gasteiger partial charge in [-0.25, -0.2) is 8.78 Å². The highest BCUT2D eigenvalue weighted by Crippen LogP contribution is 2.18. The lowest BCUT2D eigenvalue weighted by Crippen LogP contribution is -2.31. The fourth-order valence-corrected chi connectivity index (χ4v) is 2.54. The Labute approximate surface area is 141 Å². The average Bonchev–Trinajstić information content (AvgIpc) is 2.52. The van der Waals surface area contributed by atoms with E-state index in [0.29, 0.717) is 18.9 Å². The standard InChI is InChI=1S/C16H22F2N2O2.ClH/c17-13-2-3-15(14(18)11-13)22-10-9-20-16(21)4-1-12-5-7-19-8-6-12;/h2-3,11-12,19H,1,4-10H2,(H,20,21);1H. The summed E-state index contributed by atoms with van der Waals surface area (Å²) in [6, 6.07) is 3.15. The van der Waals surface area contributed by atoms with Crippen LogP contribution in [-0.4, -0.2) is 32.1 Å². The first kappa shape index (κ1) is 19.6. The van der Waals surface area contributed by atoms with E-state index in [9.17, 15) is 13.6 Å². The van der Waals surface area contributed by atoms with Crippen LogP contribution in [0.25, 0.3) is 0 Å². The van der Waals surface area contributed by atoms with Crippen molar-refractivity contribution in [1.29, 1.82) is 0 Å². The third-order valence-electron chi connectivity index (χ3n) is 3.81. The highest BCUT2D eigenvalue weighted by Gasteiger charge is 2.14. The predicted molar refractivity (Wildman–Crippen MR) is 86.9 cm³/mol. The molecule has 0 radical (unpaired) electrons. The molecule has 1 saturated heterocycles. The second-order valence-electron chi connectivity index (χ2n) is 5.51. The number of carbonyl (C=O) groups is 1. The molecule has 1 aliphatic heterocycles. The van der Waals surface area contributed by atoms with Gasteiger partial charge in [0, 0.05) is 12.5 Å². The van der Waals surface area contributed by atoms with Crippen LogP contribution in [0.1, 0.15) is 25.7 Å². The van der Waals surface area contributed by atoms with Crippen LogP contribution in [0.15, 0.2) is 18.2 Å². The first-order valence-corrected chi connectivity index (χ1v) is 7.70. The van der Waals surface area contributed by atoms with Gasteiger partial charge in [-0.15, -0.1) is 12.4 Å². The molecule has 0 bridgehead atoms. The summed E-state index contributed by atoms with van der Waals surface area (Å²) in [5.74, 6) is -0.781. The number of rotatable bonds is 7. The molecule has 0 atom stereocenters. The minimum Gasteiger partial charge on any atom is -0.489 e. The Hall–Kier alpha value is -1.40. The fraction of sp³-hybridized carbons (Fsp3) is 0.562. The summed E-state index contributed by atoms with van der Waals surface area (Å²) >= 11 is 0. The molecule has 0 unspecified atom stereocenters. The van der Waals surface area contributed by atoms with Crippen LogP contribution in [0.5, 0.6) is 5.75 Å². The number of piperidine rings is 1. The van der Waals surface area contributed by atoms with Gasteiger partial charge in [-0.2, -0.15) is 0 Å². The summed E-state index contributed by atoms with van der Waals surface area (Å²) in [4.78, 5) is 11.7. The van der Waals surface area contributed by atoms with E-state index in [1.54, 1.807) is 0 Å². The zero-order valence-electron chi connectivity index (χ0n) is 12.9. The van der Waals surface area contributed by atoms with Crippen LogP contribution < -0.4 is 15.4 Å². The van der Waals surface area contributed by atoms with Crippen molar-refractivity contribution in [1.82, 2.24) is 10.6 Å². The Kier molecular flexibility index (Phi) is 8.87. The van der Waals surface area contributed by atoms with Crippen LogP contribution >= 0.6 is 12.4 Å². The summed E-state index contributed by atoms with van der Waals surface area (Å²) in [5, 5.41) is 6.04. The number of halogens is 3. The zero-order valence-corrected chi connectivity index (χ0v) is 13.8. The molecule has 0 aromatic heterocycles. The van der Waals surface area contributed by atoms with E-state index < -0.39 is 11.6 Å². The predicted octanol–water partition coefficient (Wildman–Crippen LogP) is 2.66. The average molecular weight is 349 g/mol. The number of hydrogen-bond acceptors (Lipinski definition) is 3. The van der Waals surface area contributed by atoms with E-state index in [1.807, 2.05) is 0 Å². The molecule has 2 N–H and O–H groups in total. The molecular weight excluding hydrogens is 326 g/mol. The normalized spacial score (nSPS) is 14.9. The highest BCUT2D eigenvalue weighted by molar-refractivity contribution is 5.85. The van der Waals surface area contributed by atoms with Crippen molar-refractivity contribution < 1.29 is 18.3 Å². The van der Waals surface area contributed by atoms with E-state index in [1.165, 1.54) is 6.07 Å². The summed E-state index contributed by atoms with van der Waals surface area (Å²) in [6.45, 7) is 2.52. The zero-order chi connectivity index (χ0) is 15.8. The molecule has 1 fully saturated rings. The summed E-state index contributed by atoms with van der Waals surface area (Å²) in [7, 11) is 0. The molecule has 4 nitrogen and oxygen atoms in total. The van der Waals surface area contributed by atoms with Crippen molar-refractivity contribution in [3.8, 4) is 5.75 Å². The van der Waals surface area contributed by atoms with Crippen molar-refractivity contribution >= 4 is 18.3 Å². The molecule has 1 aliphatic rings. The van der Waals surface area contributed by atoms with Gasteiger partial charge in [0.1, 0.15) is 12.4 Å². The number of ether oxygens (including phenoxy) is 1. The first-order valence-electron chi connectivity index (χ1n) is 7.70. The smallest absolute Gasteiger partial charge is 0.220 e. The molecule has 1 amide bonds. The van der Waals surface area contributed by atoms with Crippen molar-refractivity contribution in [2.45, 2.75) is 25.7 Å². The number of nitrogens with one attached hydrogen (secondary N) is 2. The van der Waals surface area contributed by atoms with Gasteiger partial charge in [-0.05, 0) is 50.4 Å². The van der Waals surface area contributed by atoms with E-state index in [2.05, 4.69) is 10.6 Å². The second kappa shape index (κ2) is 10.4. The van der Waals surface area contributed by atoms with Gasteiger partial charge in [0.15, 0.2) is 11.6 Å². The molecule has 1 heterocycles. The quantitative estimate of drug-likeness (QED) is 0.745. The molecule has 0 aliphatic carbocycles. The second-order valence-corrected chi connectivity index (χ2v) is 5.51. The van der Waals surface area contributed by atoms with Crippen molar-refractivity contribution in [3.63, 3.8) is 0 Å². The Balaban J connectivity index is 0.00000264. The Morgan fingerprint density at radius 1 is 1.30 bits per heavy atom. The minimum atomic E-state index is -0.739. The molecule has 23 heavy (non-hydrogen) atoms. The van der Waals surface area contributed by atoms with Crippen LogP contribution in [0, 0.1) is 17.6 Å². The highest BCUT2D eigenvalue weighted by atomic mass is 35.5. The van der Waals surface area contributed by atoms with Crippen molar-refractivity contribution in [2.75, 3.05) is 26.2 Å². The van der Waals surface area contributed by atoms with Gasteiger partial charge < -0.3 is 15.4 Å². The number of hydrogen-bond donors (Lipinski definition) is 2. The molecule has 0 saturated carbocycles. The number of carbonyl (C=O) groups excluding carboxylic acids is 1. The molecule has 1 aromatic carbocycles. The van der Waals surface area contributed by atoms with E-state index >= 15 is 0 Å². The van der Waals surface area contributed by atoms with Gasteiger partial charge in [-0.3, -0.25) is 4.79 Å². The molecule has 130 valence electrons. The monoisotopic (exact) mass is 348 g/mol. The topological polar surface area (TPSA) is 50.4 Å². The summed E-state index contributed by atoms with van der Waals surface area (Å²) < 4.78 is 31.2. The summed E-state index contributed by atoms with van der Waals surface area (Å²) in [6.07, 6.45) is 3.66. The maximum atomic E-state index is 13.3. The van der Waals surface area contributed by atoms with Crippen LogP contribution in [0.3, 0.4) is 0 Å². The summed E-state index contributed by atoms with van der Waals surface area (Å²) in [5.41, 5.74) is 0. The van der Waals surface area contributed by atoms with Crippen LogP contribution in [0.2, 0.25) is 0 Å². The Morgan fingerprint density at radius 2 is 2.04 bits per heavy atom. The van der Waals surface area contributed by atoms with E-state index in [0.717, 1.165) is 44.5 Å². The maximum Gasteiger partial charge on any atom is 0.220 e. The van der Waals surface area contributed by atoms with Gasteiger partial charge in [0.2, 0.25) is 5.91 Å². The van der Waals surface area contributed by atoms with Gasteiger partial charge in [-0.1, -0.05) is 0 Å². The third-order valence-corrected chi connectivity index (χ3v) is 3.81. The van der Waals surface area contributed by atoms with Crippen LogP contribution in [-0.2, 0) is 4.79 Å². The van der Waals surface area contributed by atoms with Crippen LogP contribution in [0.4, 0.5) is 8.78 Å². The lowest BCUT2D eigenvalue weighted by molar-refractivity contribution is -0.121. The molecule has 2 rings (SSSR count). The van der Waals surface area contributed by atoms with Gasteiger partial charge in [0.05, 0.1) is 6.54 Å². The maximum absolute atomic E-state index is 13.3. The Morgan fingerprint density at radius 3 is 2.74 bits per heavy atom. The lowest BCUT2D eigenvalue weighted by Gasteiger charge is -2.22. The van der Waals surface area contributed by atoms with Crippen molar-refractivity contribution in [3.05, 3.63) is 29.8 Å². The minimum absolute atomic E-state index is 0. The molecular formula is C16H23ClF2N2O2. The first-order chi connectivity index (χ1) is 10.6. The fourth-order valence-electron chi connectivity index (χ4n) is 2.54. The Bertz CT molecular complexity index is 497. The molecule has 1 aromatic rings. The largest absolute Gasteiger partial charge is 0.489 e. The number of amides is 1.